The zero-order chi connectivity index (χ0) is 17.0. The van der Waals surface area contributed by atoms with Crippen molar-refractivity contribution in [2.75, 3.05) is 45.6 Å². The van der Waals surface area contributed by atoms with Crippen LogP contribution in [0.1, 0.15) is 10.4 Å². The lowest BCUT2D eigenvalue weighted by molar-refractivity contribution is 0.0697. The maximum Gasteiger partial charge on any atom is 0.255 e. The summed E-state index contributed by atoms with van der Waals surface area (Å²) < 4.78 is 30.4. The minimum atomic E-state index is -3.35. The second-order valence-corrected chi connectivity index (χ2v) is 8.06. The van der Waals surface area contributed by atoms with Gasteiger partial charge >= 0.3 is 0 Å². The first-order valence-electron chi connectivity index (χ1n) is 7.06. The van der Waals surface area contributed by atoms with Crippen molar-refractivity contribution in [3.8, 4) is 0 Å². The Kier molecular flexibility index (Phi) is 6.27. The molecule has 0 radical (unpaired) electrons. The van der Waals surface area contributed by atoms with Crippen LogP contribution in [-0.2, 0) is 14.8 Å². The molecule has 1 aliphatic heterocycles. The summed E-state index contributed by atoms with van der Waals surface area (Å²) >= 11 is 11.9. The molecular formula is C14H18Cl2N2O4S. The SMILES string of the molecule is COCCS(=O)(=O)N1CCN(C(=O)c2ccc(Cl)cc2Cl)CC1. The lowest BCUT2D eigenvalue weighted by atomic mass is 10.2. The Morgan fingerprint density at radius 3 is 2.43 bits per heavy atom. The summed E-state index contributed by atoms with van der Waals surface area (Å²) in [4.78, 5) is 14.1. The van der Waals surface area contributed by atoms with Crippen LogP contribution < -0.4 is 0 Å². The molecule has 23 heavy (non-hydrogen) atoms. The molecule has 0 aromatic heterocycles. The van der Waals surface area contributed by atoms with Crippen LogP contribution in [0, 0.1) is 0 Å². The van der Waals surface area contributed by atoms with E-state index in [1.165, 1.54) is 17.5 Å². The summed E-state index contributed by atoms with van der Waals surface area (Å²) in [7, 11) is -1.89. The number of rotatable bonds is 5. The van der Waals surface area contributed by atoms with Gasteiger partial charge in [0.25, 0.3) is 5.91 Å². The molecule has 0 aliphatic carbocycles. The van der Waals surface area contributed by atoms with Gasteiger partial charge in [-0.3, -0.25) is 4.79 Å². The monoisotopic (exact) mass is 380 g/mol. The third-order valence-corrected chi connectivity index (χ3v) is 6.01. The molecule has 0 bridgehead atoms. The van der Waals surface area contributed by atoms with Gasteiger partial charge in [-0.2, -0.15) is 4.31 Å². The first kappa shape index (κ1) is 18.5. The molecule has 2 rings (SSSR count). The van der Waals surface area contributed by atoms with Crippen molar-refractivity contribution in [2.45, 2.75) is 0 Å². The number of halogens is 2. The van der Waals surface area contributed by atoms with Gasteiger partial charge in [-0.15, -0.1) is 0 Å². The van der Waals surface area contributed by atoms with Crippen LogP contribution in [0.4, 0.5) is 0 Å². The van der Waals surface area contributed by atoms with Gasteiger partial charge < -0.3 is 9.64 Å². The van der Waals surface area contributed by atoms with Gasteiger partial charge in [-0.1, -0.05) is 23.2 Å². The van der Waals surface area contributed by atoms with Gasteiger partial charge in [0, 0.05) is 38.3 Å². The van der Waals surface area contributed by atoms with E-state index in [0.717, 1.165) is 0 Å². The highest BCUT2D eigenvalue weighted by Crippen LogP contribution is 2.23. The zero-order valence-corrected chi connectivity index (χ0v) is 15.0. The average molecular weight is 381 g/mol. The molecule has 0 N–H and O–H groups in total. The molecule has 128 valence electrons. The average Bonchev–Trinajstić information content (AvgIpc) is 2.52. The van der Waals surface area contributed by atoms with E-state index in [2.05, 4.69) is 0 Å². The number of hydrogen-bond donors (Lipinski definition) is 0. The van der Waals surface area contributed by atoms with Gasteiger partial charge in [0.2, 0.25) is 10.0 Å². The van der Waals surface area contributed by atoms with Crippen molar-refractivity contribution in [1.82, 2.24) is 9.21 Å². The molecule has 1 aromatic carbocycles. The van der Waals surface area contributed by atoms with Crippen molar-refractivity contribution in [2.24, 2.45) is 0 Å². The molecule has 1 heterocycles. The highest BCUT2D eigenvalue weighted by atomic mass is 35.5. The normalized spacial score (nSPS) is 16.6. The van der Waals surface area contributed by atoms with E-state index in [4.69, 9.17) is 27.9 Å². The van der Waals surface area contributed by atoms with E-state index in [1.807, 2.05) is 0 Å². The van der Waals surface area contributed by atoms with Gasteiger partial charge in [0.05, 0.1) is 22.9 Å². The van der Waals surface area contributed by atoms with E-state index in [1.54, 1.807) is 17.0 Å². The third kappa shape index (κ3) is 4.58. The van der Waals surface area contributed by atoms with Crippen LogP contribution in [0.3, 0.4) is 0 Å². The molecule has 9 heteroatoms. The zero-order valence-electron chi connectivity index (χ0n) is 12.7. The molecule has 1 aliphatic rings. The Morgan fingerprint density at radius 2 is 1.87 bits per heavy atom. The summed E-state index contributed by atoms with van der Waals surface area (Å²) in [5.41, 5.74) is 0.367. The second kappa shape index (κ2) is 7.81. The number of piperazine rings is 1. The molecule has 6 nitrogen and oxygen atoms in total. The molecular weight excluding hydrogens is 363 g/mol. The first-order chi connectivity index (χ1) is 10.8. The number of amides is 1. The number of carbonyl (C=O) groups excluding carboxylic acids is 1. The number of ether oxygens (including phenoxy) is 1. The predicted octanol–water partition coefficient (Wildman–Crippen LogP) is 1.73. The number of nitrogens with zero attached hydrogens (tertiary/aromatic N) is 2. The number of benzene rings is 1. The molecule has 0 saturated carbocycles. The number of carbonyl (C=O) groups is 1. The first-order valence-corrected chi connectivity index (χ1v) is 9.43. The minimum Gasteiger partial charge on any atom is -0.384 e. The third-order valence-electron chi connectivity index (χ3n) is 3.63. The summed E-state index contributed by atoms with van der Waals surface area (Å²) in [6.45, 7) is 1.34. The number of sulfonamides is 1. The topological polar surface area (TPSA) is 66.9 Å². The minimum absolute atomic E-state index is 0.0551. The molecule has 0 atom stereocenters. The maximum absolute atomic E-state index is 12.5. The van der Waals surface area contributed by atoms with Crippen LogP contribution in [0.5, 0.6) is 0 Å². The van der Waals surface area contributed by atoms with Crippen molar-refractivity contribution in [3.05, 3.63) is 33.8 Å². The quantitative estimate of drug-likeness (QED) is 0.779. The maximum atomic E-state index is 12.5. The Hall–Kier alpha value is -0.860. The predicted molar refractivity (Wildman–Crippen MR) is 89.6 cm³/mol. The fourth-order valence-electron chi connectivity index (χ4n) is 2.32. The Morgan fingerprint density at radius 1 is 1.22 bits per heavy atom. The van der Waals surface area contributed by atoms with Gasteiger partial charge in [0.15, 0.2) is 0 Å². The molecule has 1 aromatic rings. The van der Waals surface area contributed by atoms with Crippen molar-refractivity contribution in [1.29, 1.82) is 0 Å². The molecule has 0 unspecified atom stereocenters. The summed E-state index contributed by atoms with van der Waals surface area (Å²) in [5.74, 6) is -0.277. The van der Waals surface area contributed by atoms with Gasteiger partial charge in [-0.25, -0.2) is 8.42 Å². The van der Waals surface area contributed by atoms with E-state index in [-0.39, 0.29) is 36.4 Å². The van der Waals surface area contributed by atoms with E-state index >= 15 is 0 Å². The van der Waals surface area contributed by atoms with Crippen LogP contribution in [0.25, 0.3) is 0 Å². The van der Waals surface area contributed by atoms with E-state index in [9.17, 15) is 13.2 Å². The molecule has 1 fully saturated rings. The fourth-order valence-corrected chi connectivity index (χ4v) is 4.16. The van der Waals surface area contributed by atoms with Crippen molar-refractivity contribution < 1.29 is 17.9 Å². The lowest BCUT2D eigenvalue weighted by Gasteiger charge is -2.34. The summed E-state index contributed by atoms with van der Waals surface area (Å²) in [5, 5.41) is 0.748. The molecule has 1 saturated heterocycles. The molecule has 0 spiro atoms. The Balaban J connectivity index is 2.00. The largest absolute Gasteiger partial charge is 0.384 e. The van der Waals surface area contributed by atoms with Gasteiger partial charge in [-0.05, 0) is 18.2 Å². The van der Waals surface area contributed by atoms with Crippen LogP contribution in [0.15, 0.2) is 18.2 Å². The van der Waals surface area contributed by atoms with Gasteiger partial charge in [0.1, 0.15) is 0 Å². The lowest BCUT2D eigenvalue weighted by Crippen LogP contribution is -2.51. The summed E-state index contributed by atoms with van der Waals surface area (Å²) in [6, 6.07) is 4.70. The Labute approximate surface area is 146 Å². The second-order valence-electron chi connectivity index (χ2n) is 5.12. The number of methoxy groups -OCH3 is 1. The number of hydrogen-bond acceptors (Lipinski definition) is 4. The van der Waals surface area contributed by atoms with Crippen molar-refractivity contribution in [3.63, 3.8) is 0 Å². The van der Waals surface area contributed by atoms with Crippen LogP contribution in [0.2, 0.25) is 10.0 Å². The van der Waals surface area contributed by atoms with Crippen LogP contribution in [-0.4, -0.2) is 69.2 Å². The van der Waals surface area contributed by atoms with Crippen molar-refractivity contribution >= 4 is 39.1 Å². The Bertz CT molecular complexity index is 673. The molecule has 1 amide bonds. The highest BCUT2D eigenvalue weighted by molar-refractivity contribution is 7.89. The summed E-state index contributed by atoms with van der Waals surface area (Å²) in [6.07, 6.45) is 0. The van der Waals surface area contributed by atoms with E-state index < -0.39 is 10.0 Å². The fraction of sp³-hybridized carbons (Fsp3) is 0.500. The van der Waals surface area contributed by atoms with Crippen LogP contribution >= 0.6 is 23.2 Å². The smallest absolute Gasteiger partial charge is 0.255 e. The van der Waals surface area contributed by atoms with E-state index in [0.29, 0.717) is 23.7 Å². The standard InChI is InChI=1S/C14H18Cl2N2O4S/c1-22-8-9-23(20,21)18-6-4-17(5-7-18)14(19)12-3-2-11(15)10-13(12)16/h2-3,10H,4-9H2,1H3. The highest BCUT2D eigenvalue weighted by Gasteiger charge is 2.29.